The van der Waals surface area contributed by atoms with Crippen LogP contribution in [0.1, 0.15) is 11.1 Å². The second kappa shape index (κ2) is 5.41. The summed E-state index contributed by atoms with van der Waals surface area (Å²) in [5.74, 6) is 0.573. The standard InChI is InChI=1S/C16H17N3O4S/c1-9-7-14-13(8-12(9)17)18-16(20)19(14)24(21,22)11-4-5-15(23-3)10(2)6-11/h4-8H,17H2,1-3H3,(H,18,20). The zero-order chi connectivity index (χ0) is 17.6. The highest BCUT2D eigenvalue weighted by Gasteiger charge is 2.23. The number of aromatic amines is 1. The Morgan fingerprint density at radius 3 is 2.46 bits per heavy atom. The summed E-state index contributed by atoms with van der Waals surface area (Å²) in [6.45, 7) is 3.49. The summed E-state index contributed by atoms with van der Waals surface area (Å²) >= 11 is 0. The van der Waals surface area contributed by atoms with E-state index < -0.39 is 15.7 Å². The molecule has 0 saturated carbocycles. The Morgan fingerprint density at radius 1 is 1.12 bits per heavy atom. The highest BCUT2D eigenvalue weighted by atomic mass is 32.2. The molecule has 0 aliphatic rings. The number of H-pyrrole nitrogens is 1. The van der Waals surface area contributed by atoms with Crippen LogP contribution < -0.4 is 16.2 Å². The predicted octanol–water partition coefficient (Wildman–Crippen LogP) is 1.77. The molecule has 1 heterocycles. The number of imidazole rings is 1. The van der Waals surface area contributed by atoms with E-state index in [1.807, 2.05) is 0 Å². The Balaban J connectivity index is 2.29. The van der Waals surface area contributed by atoms with E-state index in [1.54, 1.807) is 32.0 Å². The van der Waals surface area contributed by atoms with Crippen molar-refractivity contribution < 1.29 is 13.2 Å². The fourth-order valence-corrected chi connectivity index (χ4v) is 4.06. The van der Waals surface area contributed by atoms with Crippen LogP contribution in [-0.4, -0.2) is 24.5 Å². The largest absolute Gasteiger partial charge is 0.496 e. The van der Waals surface area contributed by atoms with Crippen LogP contribution in [0.4, 0.5) is 5.69 Å². The van der Waals surface area contributed by atoms with Crippen LogP contribution in [0.5, 0.6) is 5.75 Å². The van der Waals surface area contributed by atoms with Crippen LogP contribution in [0.3, 0.4) is 0 Å². The second-order valence-electron chi connectivity index (χ2n) is 5.56. The number of aromatic nitrogens is 2. The lowest BCUT2D eigenvalue weighted by Crippen LogP contribution is -2.25. The van der Waals surface area contributed by atoms with Crippen molar-refractivity contribution in [2.24, 2.45) is 0 Å². The lowest BCUT2D eigenvalue weighted by atomic mass is 10.2. The lowest BCUT2D eigenvalue weighted by Gasteiger charge is -2.10. The third kappa shape index (κ3) is 2.35. The van der Waals surface area contributed by atoms with Crippen molar-refractivity contribution in [2.45, 2.75) is 18.7 Å². The summed E-state index contributed by atoms with van der Waals surface area (Å²) in [6.07, 6.45) is 0. The molecule has 0 aliphatic heterocycles. The fraction of sp³-hybridized carbons (Fsp3) is 0.188. The predicted molar refractivity (Wildman–Crippen MR) is 92.0 cm³/mol. The lowest BCUT2D eigenvalue weighted by molar-refractivity contribution is 0.411. The average Bonchev–Trinajstić information content (AvgIpc) is 2.83. The van der Waals surface area contributed by atoms with Gasteiger partial charge in [-0.05, 0) is 55.3 Å². The van der Waals surface area contributed by atoms with E-state index in [0.717, 1.165) is 3.97 Å². The van der Waals surface area contributed by atoms with Crippen molar-refractivity contribution in [1.29, 1.82) is 0 Å². The van der Waals surface area contributed by atoms with E-state index in [2.05, 4.69) is 4.98 Å². The van der Waals surface area contributed by atoms with Gasteiger partial charge in [0.05, 0.1) is 23.0 Å². The third-order valence-electron chi connectivity index (χ3n) is 3.93. The first-order valence-corrected chi connectivity index (χ1v) is 8.61. The Kier molecular flexibility index (Phi) is 3.64. The molecule has 7 nitrogen and oxygen atoms in total. The summed E-state index contributed by atoms with van der Waals surface area (Å²) < 4.78 is 31.8. The molecule has 3 aromatic rings. The summed E-state index contributed by atoms with van der Waals surface area (Å²) in [5, 5.41) is 0. The van der Waals surface area contributed by atoms with Gasteiger partial charge in [0.25, 0.3) is 10.0 Å². The Bertz CT molecular complexity index is 1110. The highest BCUT2D eigenvalue weighted by Crippen LogP contribution is 2.25. The normalized spacial score (nSPS) is 11.8. The first-order valence-electron chi connectivity index (χ1n) is 7.17. The summed E-state index contributed by atoms with van der Waals surface area (Å²) in [6, 6.07) is 7.58. The minimum Gasteiger partial charge on any atom is -0.496 e. The van der Waals surface area contributed by atoms with E-state index >= 15 is 0 Å². The van der Waals surface area contributed by atoms with Crippen LogP contribution in [-0.2, 0) is 10.0 Å². The summed E-state index contributed by atoms with van der Waals surface area (Å²) in [7, 11) is -2.55. The molecule has 0 aliphatic carbocycles. The topological polar surface area (TPSA) is 107 Å². The molecule has 0 unspecified atom stereocenters. The number of rotatable bonds is 3. The fourth-order valence-electron chi connectivity index (χ4n) is 2.61. The van der Waals surface area contributed by atoms with Crippen molar-refractivity contribution in [3.63, 3.8) is 0 Å². The molecule has 24 heavy (non-hydrogen) atoms. The van der Waals surface area contributed by atoms with Gasteiger partial charge in [0.2, 0.25) is 0 Å². The van der Waals surface area contributed by atoms with Gasteiger partial charge < -0.3 is 15.5 Å². The number of ether oxygens (including phenoxy) is 1. The van der Waals surface area contributed by atoms with Gasteiger partial charge in [0.15, 0.2) is 0 Å². The smallest absolute Gasteiger partial charge is 0.340 e. The number of nitrogens with zero attached hydrogens (tertiary/aromatic N) is 1. The number of hydrogen-bond acceptors (Lipinski definition) is 5. The van der Waals surface area contributed by atoms with Crippen molar-refractivity contribution >= 4 is 26.7 Å². The van der Waals surface area contributed by atoms with Gasteiger partial charge in [-0.15, -0.1) is 0 Å². The maximum Gasteiger partial charge on any atom is 0.340 e. The zero-order valence-electron chi connectivity index (χ0n) is 13.5. The SMILES string of the molecule is COc1ccc(S(=O)(=O)n2c(=O)[nH]c3cc(N)c(C)cc32)cc1C. The number of nitrogens with two attached hydrogens (primary N) is 1. The molecule has 0 fully saturated rings. The Labute approximate surface area is 138 Å². The van der Waals surface area contributed by atoms with Crippen molar-refractivity contribution in [2.75, 3.05) is 12.8 Å². The minimum absolute atomic E-state index is 0.0123. The van der Waals surface area contributed by atoms with Crippen molar-refractivity contribution in [1.82, 2.24) is 8.96 Å². The molecule has 1 aromatic heterocycles. The first-order chi connectivity index (χ1) is 11.3. The molecule has 3 N–H and O–H groups in total. The Hall–Kier alpha value is -2.74. The van der Waals surface area contributed by atoms with Crippen LogP contribution in [0, 0.1) is 13.8 Å². The maximum absolute atomic E-state index is 12.9. The highest BCUT2D eigenvalue weighted by molar-refractivity contribution is 7.90. The van der Waals surface area contributed by atoms with Crippen molar-refractivity contribution in [3.05, 3.63) is 51.9 Å². The number of anilines is 1. The van der Waals surface area contributed by atoms with E-state index in [0.29, 0.717) is 28.1 Å². The van der Waals surface area contributed by atoms with Crippen LogP contribution in [0.15, 0.2) is 40.0 Å². The molecule has 0 spiro atoms. The molecule has 0 amide bonds. The first kappa shape index (κ1) is 16.1. The van der Waals surface area contributed by atoms with E-state index in [-0.39, 0.29) is 10.4 Å². The zero-order valence-corrected chi connectivity index (χ0v) is 14.3. The van der Waals surface area contributed by atoms with Gasteiger partial charge in [0, 0.05) is 5.69 Å². The monoisotopic (exact) mass is 347 g/mol. The molecule has 3 rings (SSSR count). The number of aryl methyl sites for hydroxylation is 2. The van der Waals surface area contributed by atoms with Gasteiger partial charge >= 0.3 is 5.69 Å². The number of nitrogen functional groups attached to an aromatic ring is 1. The Morgan fingerprint density at radius 2 is 1.83 bits per heavy atom. The molecule has 0 saturated heterocycles. The van der Waals surface area contributed by atoms with Gasteiger partial charge in [-0.25, -0.2) is 13.2 Å². The number of benzene rings is 2. The van der Waals surface area contributed by atoms with Crippen LogP contribution >= 0.6 is 0 Å². The van der Waals surface area contributed by atoms with E-state index in [1.165, 1.54) is 19.2 Å². The van der Waals surface area contributed by atoms with Gasteiger partial charge in [-0.3, -0.25) is 0 Å². The van der Waals surface area contributed by atoms with E-state index in [4.69, 9.17) is 10.5 Å². The molecule has 0 bridgehead atoms. The minimum atomic E-state index is -4.05. The second-order valence-corrected chi connectivity index (χ2v) is 7.34. The number of fused-ring (bicyclic) bond motifs is 1. The number of nitrogens with one attached hydrogen (secondary N) is 1. The molecule has 0 atom stereocenters. The third-order valence-corrected chi connectivity index (χ3v) is 5.63. The molecule has 0 radical (unpaired) electrons. The van der Waals surface area contributed by atoms with Gasteiger partial charge in [-0.1, -0.05) is 0 Å². The van der Waals surface area contributed by atoms with Gasteiger partial charge in [0.1, 0.15) is 5.75 Å². The quantitative estimate of drug-likeness (QED) is 0.702. The molecule has 8 heteroatoms. The molecule has 126 valence electrons. The molecular weight excluding hydrogens is 330 g/mol. The number of methoxy groups -OCH3 is 1. The maximum atomic E-state index is 12.9. The summed E-state index contributed by atoms with van der Waals surface area (Å²) in [5.41, 5.74) is 7.56. The molecule has 2 aromatic carbocycles. The number of hydrogen-bond donors (Lipinski definition) is 2. The van der Waals surface area contributed by atoms with Crippen molar-refractivity contribution in [3.8, 4) is 5.75 Å². The average molecular weight is 347 g/mol. The molecular formula is C16H17N3O4S. The van der Waals surface area contributed by atoms with E-state index in [9.17, 15) is 13.2 Å². The van der Waals surface area contributed by atoms with Gasteiger partial charge in [-0.2, -0.15) is 3.97 Å². The van der Waals surface area contributed by atoms with Crippen LogP contribution in [0.2, 0.25) is 0 Å². The van der Waals surface area contributed by atoms with Crippen LogP contribution in [0.25, 0.3) is 11.0 Å². The summed E-state index contributed by atoms with van der Waals surface area (Å²) in [4.78, 5) is 14.8.